The highest BCUT2D eigenvalue weighted by atomic mass is 16.5. The second-order valence-electron chi connectivity index (χ2n) is 7.71. The van der Waals surface area contributed by atoms with Crippen LogP contribution in [-0.4, -0.2) is 18.9 Å². The number of benzene rings is 3. The van der Waals surface area contributed by atoms with Crippen molar-refractivity contribution in [3.63, 3.8) is 0 Å². The minimum atomic E-state index is -0.372. The molecular weight excluding hydrogens is 388 g/mol. The lowest BCUT2D eigenvalue weighted by Gasteiger charge is -2.18. The van der Waals surface area contributed by atoms with E-state index in [4.69, 9.17) is 4.74 Å². The van der Waals surface area contributed by atoms with Crippen LogP contribution in [0.5, 0.6) is 5.75 Å². The molecule has 0 aromatic heterocycles. The maximum absolute atomic E-state index is 13.5. The van der Waals surface area contributed by atoms with Crippen LogP contribution in [0.25, 0.3) is 5.57 Å². The fourth-order valence-corrected chi connectivity index (χ4v) is 3.73. The van der Waals surface area contributed by atoms with Crippen LogP contribution >= 0.6 is 0 Å². The Morgan fingerprint density at radius 3 is 2.03 bits per heavy atom. The minimum Gasteiger partial charge on any atom is -0.497 e. The molecule has 0 aliphatic carbocycles. The highest BCUT2D eigenvalue weighted by Crippen LogP contribution is 2.35. The van der Waals surface area contributed by atoms with Crippen LogP contribution in [0.4, 0.5) is 11.4 Å². The Hall–Kier alpha value is -3.86. The van der Waals surface area contributed by atoms with Gasteiger partial charge in [-0.15, -0.1) is 0 Å². The standard InChI is InChI=1S/C26H24N2O3/c1-16-5-10-20(11-6-16)27-24-23(19-8-12-21(31-4)13-9-19)25(29)28(26(24)30)22-14-7-17(2)15-18(22)3/h5-15,27H,1-4H3. The number of aryl methyl sites for hydroxylation is 3. The van der Waals surface area contributed by atoms with Crippen molar-refractivity contribution in [1.29, 1.82) is 0 Å². The van der Waals surface area contributed by atoms with Crippen molar-refractivity contribution >= 4 is 28.8 Å². The number of nitrogens with zero attached hydrogens (tertiary/aromatic N) is 1. The van der Waals surface area contributed by atoms with Gasteiger partial charge in [0, 0.05) is 5.69 Å². The molecule has 3 aromatic carbocycles. The van der Waals surface area contributed by atoms with E-state index in [1.54, 1.807) is 31.4 Å². The highest BCUT2D eigenvalue weighted by Gasteiger charge is 2.40. The van der Waals surface area contributed by atoms with Crippen molar-refractivity contribution in [2.75, 3.05) is 17.3 Å². The summed E-state index contributed by atoms with van der Waals surface area (Å²) in [6.45, 7) is 5.88. The van der Waals surface area contributed by atoms with E-state index >= 15 is 0 Å². The Morgan fingerprint density at radius 2 is 1.42 bits per heavy atom. The van der Waals surface area contributed by atoms with Gasteiger partial charge in [0.1, 0.15) is 11.4 Å². The summed E-state index contributed by atoms with van der Waals surface area (Å²) in [6.07, 6.45) is 0. The van der Waals surface area contributed by atoms with Gasteiger partial charge in [-0.3, -0.25) is 9.59 Å². The van der Waals surface area contributed by atoms with E-state index in [9.17, 15) is 9.59 Å². The SMILES string of the molecule is COc1ccc(C2=C(Nc3ccc(C)cc3)C(=O)N(c3ccc(C)cc3C)C2=O)cc1. The molecule has 0 unspecified atom stereocenters. The van der Waals surface area contributed by atoms with E-state index in [-0.39, 0.29) is 17.5 Å². The highest BCUT2D eigenvalue weighted by molar-refractivity contribution is 6.46. The number of ether oxygens (including phenoxy) is 1. The molecule has 0 saturated heterocycles. The van der Waals surface area contributed by atoms with Crippen LogP contribution in [-0.2, 0) is 9.59 Å². The van der Waals surface area contributed by atoms with Crippen LogP contribution in [0.15, 0.2) is 72.4 Å². The normalized spacial score (nSPS) is 13.7. The molecule has 1 aliphatic rings. The lowest BCUT2D eigenvalue weighted by molar-refractivity contribution is -0.120. The van der Waals surface area contributed by atoms with E-state index in [0.717, 1.165) is 22.4 Å². The van der Waals surface area contributed by atoms with Gasteiger partial charge < -0.3 is 10.1 Å². The quantitative estimate of drug-likeness (QED) is 0.598. The average Bonchev–Trinajstić information content (AvgIpc) is 2.99. The topological polar surface area (TPSA) is 58.6 Å². The van der Waals surface area contributed by atoms with Crippen molar-refractivity contribution < 1.29 is 14.3 Å². The van der Waals surface area contributed by atoms with Crippen molar-refractivity contribution in [2.45, 2.75) is 20.8 Å². The molecule has 5 heteroatoms. The first-order valence-corrected chi connectivity index (χ1v) is 10.1. The lowest BCUT2D eigenvalue weighted by Crippen LogP contribution is -2.33. The molecule has 1 heterocycles. The molecule has 3 aromatic rings. The molecule has 0 bridgehead atoms. The van der Waals surface area contributed by atoms with Crippen LogP contribution in [0.3, 0.4) is 0 Å². The summed E-state index contributed by atoms with van der Waals surface area (Å²) in [7, 11) is 1.59. The van der Waals surface area contributed by atoms with E-state index in [1.807, 2.05) is 63.2 Å². The first-order chi connectivity index (χ1) is 14.9. The van der Waals surface area contributed by atoms with E-state index in [1.165, 1.54) is 4.90 Å². The zero-order valence-corrected chi connectivity index (χ0v) is 18.0. The second kappa shape index (κ2) is 8.11. The maximum Gasteiger partial charge on any atom is 0.282 e. The van der Waals surface area contributed by atoms with Crippen molar-refractivity contribution in [2.24, 2.45) is 0 Å². The summed E-state index contributed by atoms with van der Waals surface area (Å²) < 4.78 is 5.24. The van der Waals surface area contributed by atoms with Crippen LogP contribution in [0, 0.1) is 20.8 Å². The molecule has 156 valence electrons. The smallest absolute Gasteiger partial charge is 0.282 e. The summed E-state index contributed by atoms with van der Waals surface area (Å²) in [5.74, 6) is -0.0412. The van der Waals surface area contributed by atoms with Gasteiger partial charge in [0.2, 0.25) is 0 Å². The molecule has 1 N–H and O–H groups in total. The number of imide groups is 1. The zero-order valence-electron chi connectivity index (χ0n) is 18.0. The van der Waals surface area contributed by atoms with E-state index in [0.29, 0.717) is 22.6 Å². The Morgan fingerprint density at radius 1 is 0.774 bits per heavy atom. The van der Waals surface area contributed by atoms with Crippen LogP contribution in [0.2, 0.25) is 0 Å². The second-order valence-corrected chi connectivity index (χ2v) is 7.71. The molecule has 4 rings (SSSR count). The van der Waals surface area contributed by atoms with Crippen molar-refractivity contribution in [3.05, 3.63) is 94.7 Å². The predicted octanol–water partition coefficient (Wildman–Crippen LogP) is 5.02. The fraction of sp³-hybridized carbons (Fsp3) is 0.154. The Balaban J connectivity index is 1.82. The zero-order chi connectivity index (χ0) is 22.1. The molecule has 0 saturated carbocycles. The molecule has 2 amide bonds. The monoisotopic (exact) mass is 412 g/mol. The number of nitrogens with one attached hydrogen (secondary N) is 1. The summed E-state index contributed by atoms with van der Waals surface area (Å²) >= 11 is 0. The number of amides is 2. The first-order valence-electron chi connectivity index (χ1n) is 10.1. The predicted molar refractivity (Wildman–Crippen MR) is 123 cm³/mol. The lowest BCUT2D eigenvalue weighted by atomic mass is 10.0. The van der Waals surface area contributed by atoms with E-state index < -0.39 is 0 Å². The van der Waals surface area contributed by atoms with Gasteiger partial charge in [0.15, 0.2) is 0 Å². The van der Waals surface area contributed by atoms with Gasteiger partial charge >= 0.3 is 0 Å². The number of hydrogen-bond donors (Lipinski definition) is 1. The molecule has 0 fully saturated rings. The number of carbonyl (C=O) groups excluding carboxylic acids is 2. The Labute approximate surface area is 182 Å². The summed E-state index contributed by atoms with van der Waals surface area (Å²) in [6, 6.07) is 20.5. The molecular formula is C26H24N2O3. The third kappa shape index (κ3) is 3.82. The van der Waals surface area contributed by atoms with Crippen molar-refractivity contribution in [3.8, 4) is 5.75 Å². The first kappa shape index (κ1) is 20.4. The van der Waals surface area contributed by atoms with Gasteiger partial charge in [0.05, 0.1) is 18.4 Å². The number of rotatable bonds is 5. The van der Waals surface area contributed by atoms with E-state index in [2.05, 4.69) is 5.32 Å². The minimum absolute atomic E-state index is 0.263. The van der Waals surface area contributed by atoms with Gasteiger partial charge in [-0.25, -0.2) is 4.90 Å². The molecule has 0 radical (unpaired) electrons. The van der Waals surface area contributed by atoms with Gasteiger partial charge in [0.25, 0.3) is 11.8 Å². The Bertz CT molecular complexity index is 1190. The molecule has 31 heavy (non-hydrogen) atoms. The number of hydrogen-bond acceptors (Lipinski definition) is 4. The van der Waals surface area contributed by atoms with Crippen LogP contribution < -0.4 is 15.0 Å². The summed E-state index contributed by atoms with van der Waals surface area (Å²) in [5, 5.41) is 3.19. The molecule has 0 atom stereocenters. The summed E-state index contributed by atoms with van der Waals surface area (Å²) in [5.41, 5.74) is 5.64. The molecule has 0 spiro atoms. The van der Waals surface area contributed by atoms with Crippen LogP contribution in [0.1, 0.15) is 22.3 Å². The average molecular weight is 412 g/mol. The number of anilines is 2. The van der Waals surface area contributed by atoms with Gasteiger partial charge in [-0.1, -0.05) is 47.5 Å². The molecule has 5 nitrogen and oxygen atoms in total. The maximum atomic E-state index is 13.5. The van der Waals surface area contributed by atoms with Crippen molar-refractivity contribution in [1.82, 2.24) is 0 Å². The number of methoxy groups -OCH3 is 1. The fourth-order valence-electron chi connectivity index (χ4n) is 3.73. The third-order valence-electron chi connectivity index (χ3n) is 5.38. The van der Waals surface area contributed by atoms with Gasteiger partial charge in [-0.05, 0) is 62.2 Å². The Kier molecular flexibility index (Phi) is 5.34. The largest absolute Gasteiger partial charge is 0.497 e. The molecule has 1 aliphatic heterocycles. The third-order valence-corrected chi connectivity index (χ3v) is 5.38. The summed E-state index contributed by atoms with van der Waals surface area (Å²) in [4.78, 5) is 28.3. The van der Waals surface area contributed by atoms with Gasteiger partial charge in [-0.2, -0.15) is 0 Å². The number of carbonyl (C=O) groups is 2.